The zero-order valence-electron chi connectivity index (χ0n) is 15.4. The predicted molar refractivity (Wildman–Crippen MR) is 118 cm³/mol. The Labute approximate surface area is 172 Å². The van der Waals surface area contributed by atoms with Gasteiger partial charge in [0.1, 0.15) is 5.71 Å². The van der Waals surface area contributed by atoms with Crippen LogP contribution in [0.25, 0.3) is 16.5 Å². The fraction of sp³-hybridized carbons (Fsp3) is 0. The first-order valence-electron chi connectivity index (χ1n) is 9.09. The summed E-state index contributed by atoms with van der Waals surface area (Å²) in [5, 5.41) is 13.9. The van der Waals surface area contributed by atoms with Crippen molar-refractivity contribution < 1.29 is 0 Å². The molecule has 140 valence electrons. The topological polar surface area (TPSA) is 46.3 Å². The third-order valence-corrected chi connectivity index (χ3v) is 5.00. The highest BCUT2D eigenvalue weighted by Crippen LogP contribution is 2.29. The van der Waals surface area contributed by atoms with Gasteiger partial charge in [-0.25, -0.2) is 9.69 Å². The van der Waals surface area contributed by atoms with Crippen molar-refractivity contribution in [3.05, 3.63) is 108 Å². The Kier molecular flexibility index (Phi) is 4.22. The lowest BCUT2D eigenvalue weighted by molar-refractivity contribution is 0.868. The zero-order valence-corrected chi connectivity index (χ0v) is 16.2. The fourth-order valence-electron chi connectivity index (χ4n) is 3.37. The van der Waals surface area contributed by atoms with Crippen LogP contribution in [-0.4, -0.2) is 20.5 Å². The highest BCUT2D eigenvalue weighted by Gasteiger charge is 2.19. The van der Waals surface area contributed by atoms with E-state index < -0.39 is 0 Å². The van der Waals surface area contributed by atoms with E-state index in [4.69, 9.17) is 16.7 Å². The van der Waals surface area contributed by atoms with Crippen LogP contribution in [0.15, 0.2) is 103 Å². The van der Waals surface area contributed by atoms with Crippen molar-refractivity contribution >= 4 is 33.8 Å². The lowest BCUT2D eigenvalue weighted by Crippen LogP contribution is -2.21. The molecule has 0 amide bonds. The Morgan fingerprint density at radius 1 is 0.966 bits per heavy atom. The molecule has 0 fully saturated rings. The summed E-state index contributed by atoms with van der Waals surface area (Å²) in [4.78, 5) is 4.37. The summed E-state index contributed by atoms with van der Waals surface area (Å²) in [5.74, 6) is 0. The molecule has 0 bridgehead atoms. The maximum atomic E-state index is 6.17. The van der Waals surface area contributed by atoms with Gasteiger partial charge < -0.3 is 0 Å². The lowest BCUT2D eigenvalue weighted by atomic mass is 10.1. The maximum Gasteiger partial charge on any atom is 0.116 e. The first-order valence-corrected chi connectivity index (χ1v) is 9.47. The monoisotopic (exact) mass is 397 g/mol. The van der Waals surface area contributed by atoms with E-state index in [-0.39, 0.29) is 0 Å². The average molecular weight is 398 g/mol. The molecule has 1 aliphatic heterocycles. The van der Waals surface area contributed by atoms with Gasteiger partial charge in [0.05, 0.1) is 29.5 Å². The molecular weight excluding hydrogens is 382 g/mol. The molecule has 0 atom stereocenters. The van der Waals surface area contributed by atoms with Gasteiger partial charge in [-0.3, -0.25) is 4.98 Å². The van der Waals surface area contributed by atoms with Gasteiger partial charge in [-0.15, -0.1) is 0 Å². The number of benzene rings is 2. The molecule has 0 saturated heterocycles. The van der Waals surface area contributed by atoms with E-state index in [1.807, 2.05) is 82.9 Å². The molecule has 1 aliphatic rings. The number of hydrogen-bond acceptors (Lipinski definition) is 4. The van der Waals surface area contributed by atoms with E-state index in [0.29, 0.717) is 5.02 Å². The molecule has 5 nitrogen and oxygen atoms in total. The maximum absolute atomic E-state index is 6.17. The van der Waals surface area contributed by atoms with Crippen molar-refractivity contribution in [2.45, 2.75) is 0 Å². The molecule has 2 aromatic carbocycles. The second-order valence-corrected chi connectivity index (χ2v) is 7.06. The molecule has 29 heavy (non-hydrogen) atoms. The van der Waals surface area contributed by atoms with Crippen LogP contribution in [-0.2, 0) is 0 Å². The summed E-state index contributed by atoms with van der Waals surface area (Å²) in [6.45, 7) is 4.17. The molecule has 0 N–H and O–H groups in total. The molecule has 2 aromatic heterocycles. The molecule has 3 heterocycles. The summed E-state index contributed by atoms with van der Waals surface area (Å²) >= 11 is 6.17. The largest absolute Gasteiger partial charge is 0.262 e. The highest BCUT2D eigenvalue weighted by molar-refractivity contribution is 6.30. The van der Waals surface area contributed by atoms with Crippen LogP contribution in [0.3, 0.4) is 0 Å². The Bertz CT molecular complexity index is 1300. The van der Waals surface area contributed by atoms with Gasteiger partial charge in [0.25, 0.3) is 0 Å². The van der Waals surface area contributed by atoms with Crippen molar-refractivity contribution in [3.8, 4) is 5.69 Å². The van der Waals surface area contributed by atoms with E-state index in [1.54, 1.807) is 6.20 Å². The van der Waals surface area contributed by atoms with Crippen LogP contribution < -0.4 is 5.01 Å². The third-order valence-electron chi connectivity index (χ3n) is 4.76. The Morgan fingerprint density at radius 2 is 1.86 bits per heavy atom. The highest BCUT2D eigenvalue weighted by atomic mass is 35.5. The fourth-order valence-corrected chi connectivity index (χ4v) is 3.56. The minimum atomic E-state index is 0.650. The van der Waals surface area contributed by atoms with E-state index in [2.05, 4.69) is 22.7 Å². The first-order chi connectivity index (χ1) is 14.2. The third kappa shape index (κ3) is 3.11. The first kappa shape index (κ1) is 17.4. The van der Waals surface area contributed by atoms with E-state index >= 15 is 0 Å². The second-order valence-electron chi connectivity index (χ2n) is 6.62. The number of pyridine rings is 1. The predicted octanol–water partition coefficient (Wildman–Crippen LogP) is 5.37. The van der Waals surface area contributed by atoms with Gasteiger partial charge in [-0.05, 0) is 35.9 Å². The van der Waals surface area contributed by atoms with Gasteiger partial charge in [0.15, 0.2) is 0 Å². The van der Waals surface area contributed by atoms with E-state index in [9.17, 15) is 0 Å². The normalized spacial score (nSPS) is 13.8. The molecule has 0 spiro atoms. The van der Waals surface area contributed by atoms with Gasteiger partial charge in [-0.2, -0.15) is 10.2 Å². The van der Waals surface area contributed by atoms with Crippen LogP contribution in [0.1, 0.15) is 5.69 Å². The number of anilines is 1. The minimum Gasteiger partial charge on any atom is -0.262 e. The molecular formula is C23H16ClN5. The molecule has 5 rings (SSSR count). The smallest absolute Gasteiger partial charge is 0.116 e. The summed E-state index contributed by atoms with van der Waals surface area (Å²) in [6.07, 6.45) is 9.25. The quantitative estimate of drug-likeness (QED) is 0.467. The van der Waals surface area contributed by atoms with Crippen molar-refractivity contribution in [2.75, 3.05) is 5.01 Å². The van der Waals surface area contributed by atoms with Gasteiger partial charge in [0.2, 0.25) is 0 Å². The summed E-state index contributed by atoms with van der Waals surface area (Å²) in [5.41, 5.74) is 4.13. The molecule has 0 unspecified atom stereocenters. The molecule has 4 aromatic rings. The Balaban J connectivity index is 1.62. The molecule has 0 aliphatic carbocycles. The van der Waals surface area contributed by atoms with Gasteiger partial charge in [0, 0.05) is 28.2 Å². The van der Waals surface area contributed by atoms with E-state index in [1.165, 1.54) is 0 Å². The number of hydrazone groups is 1. The molecule has 0 saturated carbocycles. The number of allylic oxidation sites excluding steroid dienone is 2. The zero-order chi connectivity index (χ0) is 19.8. The standard InChI is InChI=1S/C23H16ClN5/c1-16-10-12-28(22-15-25-14-17-5-2-3-8-20(17)22)27-23(16)21-9-11-26-29(21)19-7-4-6-18(24)13-19/h2-15H,1H2. The van der Waals surface area contributed by atoms with Gasteiger partial charge in [-0.1, -0.05) is 48.5 Å². The number of rotatable bonds is 3. The van der Waals surface area contributed by atoms with Crippen LogP contribution in [0.4, 0.5) is 5.69 Å². The summed E-state index contributed by atoms with van der Waals surface area (Å²) in [6, 6.07) is 17.6. The van der Waals surface area contributed by atoms with Crippen LogP contribution in [0, 0.1) is 0 Å². The number of aromatic nitrogens is 3. The van der Waals surface area contributed by atoms with Crippen molar-refractivity contribution in [2.24, 2.45) is 5.10 Å². The number of fused-ring (bicyclic) bond motifs is 1. The molecule has 0 radical (unpaired) electrons. The summed E-state index contributed by atoms with van der Waals surface area (Å²) in [7, 11) is 0. The number of nitrogens with zero attached hydrogens (tertiary/aromatic N) is 5. The summed E-state index contributed by atoms with van der Waals surface area (Å²) < 4.78 is 1.81. The average Bonchev–Trinajstić information content (AvgIpc) is 3.23. The van der Waals surface area contributed by atoms with Crippen LogP contribution >= 0.6 is 11.6 Å². The van der Waals surface area contributed by atoms with E-state index in [0.717, 1.165) is 39.1 Å². The Hall–Kier alpha value is -3.70. The molecule has 6 heteroatoms. The number of hydrogen-bond donors (Lipinski definition) is 0. The SMILES string of the molecule is C=C1C=CN(c2cncc3ccccc23)N=C1c1ccnn1-c1cccc(Cl)c1. The number of halogens is 1. The van der Waals surface area contributed by atoms with Crippen molar-refractivity contribution in [1.82, 2.24) is 14.8 Å². The van der Waals surface area contributed by atoms with Crippen molar-refractivity contribution in [3.63, 3.8) is 0 Å². The lowest BCUT2D eigenvalue weighted by Gasteiger charge is -2.22. The minimum absolute atomic E-state index is 0.650. The van der Waals surface area contributed by atoms with Crippen LogP contribution in [0.5, 0.6) is 0 Å². The van der Waals surface area contributed by atoms with Crippen LogP contribution in [0.2, 0.25) is 5.02 Å². The van der Waals surface area contributed by atoms with Crippen molar-refractivity contribution in [1.29, 1.82) is 0 Å². The van der Waals surface area contributed by atoms with Gasteiger partial charge >= 0.3 is 0 Å². The second kappa shape index (κ2) is 7.04. The Morgan fingerprint density at radius 3 is 2.76 bits per heavy atom.